The third-order valence-electron chi connectivity index (χ3n) is 7.15. The van der Waals surface area contributed by atoms with Gasteiger partial charge < -0.3 is 33.6 Å². The van der Waals surface area contributed by atoms with E-state index in [4.69, 9.17) is 18.9 Å². The molecular formula is C30H38F3N3O10S. The minimum Gasteiger partial charge on any atom is -0.444 e. The highest BCUT2D eigenvalue weighted by Gasteiger charge is 2.48. The first-order valence-corrected chi connectivity index (χ1v) is 16.2. The number of alkyl halides is 3. The van der Waals surface area contributed by atoms with Crippen molar-refractivity contribution in [2.24, 2.45) is 5.92 Å². The van der Waals surface area contributed by atoms with Gasteiger partial charge in [0.15, 0.2) is 6.29 Å². The quantitative estimate of drug-likeness (QED) is 0.170. The smallest absolute Gasteiger partial charge is 0.444 e. The number of hydrazine groups is 1. The summed E-state index contributed by atoms with van der Waals surface area (Å²) < 4.78 is 87.1. The van der Waals surface area contributed by atoms with E-state index in [0.29, 0.717) is 18.6 Å². The second-order valence-electron chi connectivity index (χ2n) is 12.1. The molecule has 260 valence electrons. The van der Waals surface area contributed by atoms with E-state index in [-0.39, 0.29) is 32.0 Å². The molecule has 13 nitrogen and oxygen atoms in total. The van der Waals surface area contributed by atoms with Crippen molar-refractivity contribution in [3.63, 3.8) is 0 Å². The lowest BCUT2D eigenvalue weighted by molar-refractivity contribution is -0.0907. The predicted molar refractivity (Wildman–Crippen MR) is 159 cm³/mol. The van der Waals surface area contributed by atoms with E-state index in [1.165, 1.54) is 17.1 Å². The van der Waals surface area contributed by atoms with Crippen molar-refractivity contribution in [3.8, 4) is 5.75 Å². The molecule has 0 unspecified atom stereocenters. The average molecular weight is 690 g/mol. The molecule has 47 heavy (non-hydrogen) atoms. The minimum absolute atomic E-state index is 0.0706. The van der Waals surface area contributed by atoms with Crippen LogP contribution < -0.4 is 14.9 Å². The summed E-state index contributed by atoms with van der Waals surface area (Å²) in [5.74, 6) is -0.676. The van der Waals surface area contributed by atoms with Gasteiger partial charge >= 0.3 is 27.8 Å². The molecule has 0 aliphatic carbocycles. The zero-order valence-electron chi connectivity index (χ0n) is 25.9. The summed E-state index contributed by atoms with van der Waals surface area (Å²) in [6.07, 6.45) is -3.33. The highest BCUT2D eigenvalue weighted by Crippen LogP contribution is 2.33. The Balaban J connectivity index is 1.49. The molecule has 2 aliphatic heterocycles. The molecule has 0 bridgehead atoms. The number of hydrogen-bond donors (Lipinski definition) is 3. The molecule has 2 saturated heterocycles. The summed E-state index contributed by atoms with van der Waals surface area (Å²) in [5, 5.41) is 15.4. The number of rotatable bonds is 12. The number of halogens is 3. The number of amides is 2. The van der Waals surface area contributed by atoms with Gasteiger partial charge in [0.1, 0.15) is 17.5 Å². The molecule has 2 aliphatic rings. The largest absolute Gasteiger partial charge is 0.534 e. The van der Waals surface area contributed by atoms with Crippen molar-refractivity contribution in [1.29, 1.82) is 0 Å². The molecule has 2 amide bonds. The topological polar surface area (TPSA) is 162 Å². The number of alkyl carbamates (subject to hydrolysis) is 1. The van der Waals surface area contributed by atoms with Crippen molar-refractivity contribution in [3.05, 3.63) is 65.7 Å². The second-order valence-corrected chi connectivity index (χ2v) is 13.6. The lowest BCUT2D eigenvalue weighted by atomic mass is 10.0. The summed E-state index contributed by atoms with van der Waals surface area (Å²) in [7, 11) is -5.87. The fourth-order valence-corrected chi connectivity index (χ4v) is 5.46. The Morgan fingerprint density at radius 2 is 1.70 bits per heavy atom. The molecule has 0 radical (unpaired) electrons. The second kappa shape index (κ2) is 15.1. The van der Waals surface area contributed by atoms with Gasteiger partial charge in [0.2, 0.25) is 0 Å². The summed E-state index contributed by atoms with van der Waals surface area (Å²) in [6.45, 7) is 5.55. The van der Waals surface area contributed by atoms with Crippen LogP contribution >= 0.6 is 0 Å². The van der Waals surface area contributed by atoms with Gasteiger partial charge in [-0.2, -0.15) is 21.6 Å². The molecule has 0 saturated carbocycles. The van der Waals surface area contributed by atoms with Crippen LogP contribution in [0.5, 0.6) is 5.75 Å². The van der Waals surface area contributed by atoms with Crippen LogP contribution in [0, 0.1) is 5.92 Å². The van der Waals surface area contributed by atoms with Crippen molar-refractivity contribution >= 4 is 22.3 Å². The van der Waals surface area contributed by atoms with Gasteiger partial charge in [0, 0.05) is 13.1 Å². The summed E-state index contributed by atoms with van der Waals surface area (Å²) in [5.41, 5.74) is -2.63. The molecule has 0 aromatic heterocycles. The fraction of sp³-hybridized carbons (Fsp3) is 0.533. The van der Waals surface area contributed by atoms with Crippen LogP contribution in [0.1, 0.15) is 38.3 Å². The van der Waals surface area contributed by atoms with Crippen LogP contribution in [-0.2, 0) is 42.0 Å². The van der Waals surface area contributed by atoms with E-state index in [2.05, 4.69) is 14.9 Å². The maximum absolute atomic E-state index is 13.0. The predicted octanol–water partition coefficient (Wildman–Crippen LogP) is 3.62. The molecule has 2 heterocycles. The van der Waals surface area contributed by atoms with Crippen molar-refractivity contribution in [2.75, 3.05) is 19.8 Å². The number of nitrogens with zero attached hydrogens (tertiary/aromatic N) is 1. The van der Waals surface area contributed by atoms with Crippen molar-refractivity contribution in [1.82, 2.24) is 15.8 Å². The Hall–Kier alpha value is -3.64. The monoisotopic (exact) mass is 689 g/mol. The number of benzene rings is 2. The van der Waals surface area contributed by atoms with Gasteiger partial charge in [-0.05, 0) is 56.9 Å². The zero-order chi connectivity index (χ0) is 34.4. The summed E-state index contributed by atoms with van der Waals surface area (Å²) in [6, 6.07) is 12.6. The van der Waals surface area contributed by atoms with E-state index in [9.17, 15) is 36.3 Å². The van der Waals surface area contributed by atoms with Gasteiger partial charge in [-0.25, -0.2) is 14.6 Å². The first-order chi connectivity index (χ1) is 22.0. The van der Waals surface area contributed by atoms with E-state index in [1.807, 2.05) is 18.2 Å². The summed E-state index contributed by atoms with van der Waals surface area (Å²) >= 11 is 0. The first kappa shape index (κ1) is 36.2. The van der Waals surface area contributed by atoms with Crippen LogP contribution in [0.4, 0.5) is 22.8 Å². The lowest BCUT2D eigenvalue weighted by Gasteiger charge is -2.31. The van der Waals surface area contributed by atoms with Gasteiger partial charge in [0.25, 0.3) is 0 Å². The maximum Gasteiger partial charge on any atom is 0.534 e. The molecule has 2 aromatic carbocycles. The molecular weight excluding hydrogens is 651 g/mol. The number of aliphatic hydroxyl groups is 1. The van der Waals surface area contributed by atoms with E-state index in [0.717, 1.165) is 17.7 Å². The van der Waals surface area contributed by atoms with Crippen LogP contribution in [0.15, 0.2) is 54.6 Å². The van der Waals surface area contributed by atoms with Gasteiger partial charge in [0.05, 0.1) is 31.3 Å². The molecule has 17 heteroatoms. The normalized spacial score (nSPS) is 21.1. The molecule has 3 N–H and O–H groups in total. The third-order valence-corrected chi connectivity index (χ3v) is 8.13. The van der Waals surface area contributed by atoms with Crippen LogP contribution in [-0.4, -0.2) is 86.1 Å². The molecule has 4 rings (SSSR count). The van der Waals surface area contributed by atoms with Crippen molar-refractivity contribution in [2.45, 2.75) is 75.8 Å². The van der Waals surface area contributed by atoms with Crippen LogP contribution in [0.2, 0.25) is 0 Å². The molecule has 2 fully saturated rings. The highest BCUT2D eigenvalue weighted by molar-refractivity contribution is 7.88. The Bertz CT molecular complexity index is 1460. The van der Waals surface area contributed by atoms with E-state index in [1.54, 1.807) is 32.9 Å². The zero-order valence-corrected chi connectivity index (χ0v) is 26.8. The Kier molecular flexibility index (Phi) is 11.6. The Morgan fingerprint density at radius 3 is 2.34 bits per heavy atom. The molecule has 2 aromatic rings. The molecule has 5 atom stereocenters. The number of fused-ring (bicyclic) bond motifs is 1. The Morgan fingerprint density at radius 1 is 1.02 bits per heavy atom. The molecule has 0 spiro atoms. The van der Waals surface area contributed by atoms with E-state index >= 15 is 0 Å². The lowest BCUT2D eigenvalue weighted by Crippen LogP contribution is -2.54. The number of ether oxygens (including phenoxy) is 4. The first-order valence-electron chi connectivity index (χ1n) is 14.8. The van der Waals surface area contributed by atoms with Gasteiger partial charge in [-0.15, -0.1) is 0 Å². The summed E-state index contributed by atoms with van der Waals surface area (Å²) in [4.78, 5) is 25.7. The SMILES string of the molecule is CC(C)(C)OC(=O)N[C@@H](Cc1ccc(OS(=O)(=O)C(F)(F)F)cc1)[C@@H](O)CN(Cc1ccccc1)NC(=O)O[C@H]1CO[C@H]2OCC[C@H]21. The highest BCUT2D eigenvalue weighted by atomic mass is 32.2. The van der Waals surface area contributed by atoms with E-state index < -0.39 is 63.7 Å². The average Bonchev–Trinajstić information content (AvgIpc) is 3.57. The Labute approximate surface area is 270 Å². The number of nitrogens with one attached hydrogen (secondary N) is 2. The number of carbonyl (C=O) groups excluding carboxylic acids is 2. The fourth-order valence-electron chi connectivity index (χ4n) is 5.00. The van der Waals surface area contributed by atoms with Gasteiger partial charge in [-0.1, -0.05) is 42.5 Å². The minimum atomic E-state index is -5.87. The standard InChI is InChI=1S/C30H38F3N3O10S/c1-29(2,3)45-27(38)34-23(15-19-9-11-21(12-10-19)46-47(40,41)30(31,32)33)24(37)17-36(16-20-7-5-4-6-8-20)35-28(39)44-25-18-43-26-22(25)13-14-42-26/h4-12,22-26,37H,13-18H2,1-3H3,(H,34,38)(H,35,39)/t22-,23-,24-,25-,26+/m0/s1. The van der Waals surface area contributed by atoms with Crippen LogP contribution in [0.3, 0.4) is 0 Å². The van der Waals surface area contributed by atoms with Crippen LogP contribution in [0.25, 0.3) is 0 Å². The van der Waals surface area contributed by atoms with Crippen molar-refractivity contribution < 1.29 is 59.4 Å². The number of aliphatic hydroxyl groups excluding tert-OH is 1. The number of carbonyl (C=O) groups is 2. The number of hydrogen-bond acceptors (Lipinski definition) is 11. The van der Waals surface area contributed by atoms with Gasteiger partial charge in [-0.3, -0.25) is 5.43 Å². The third kappa shape index (κ3) is 10.7. The maximum atomic E-state index is 13.0.